The quantitative estimate of drug-likeness (QED) is 0.744. The van der Waals surface area contributed by atoms with Crippen LogP contribution in [0.15, 0.2) is 54.6 Å². The Morgan fingerprint density at radius 1 is 0.938 bits per heavy atom. The van der Waals surface area contributed by atoms with Gasteiger partial charge in [-0.3, -0.25) is 0 Å². The lowest BCUT2D eigenvalue weighted by atomic mass is 10.0. The van der Waals surface area contributed by atoms with Crippen molar-refractivity contribution in [2.45, 2.75) is 6.92 Å². The number of nitrogen functional groups attached to an aromatic ring is 1. The van der Waals surface area contributed by atoms with E-state index in [0.29, 0.717) is 0 Å². The van der Waals surface area contributed by atoms with Crippen molar-refractivity contribution in [2.75, 3.05) is 5.73 Å². The molecule has 0 aliphatic carbocycles. The van der Waals surface area contributed by atoms with Crippen LogP contribution in [0, 0.1) is 0 Å². The molecule has 0 spiro atoms. The molecule has 0 fully saturated rings. The first-order chi connectivity index (χ1) is 7.79. The molecule has 0 saturated heterocycles. The highest BCUT2D eigenvalue weighted by Gasteiger charge is 1.97. The number of hydrogen-bond acceptors (Lipinski definition) is 1. The van der Waals surface area contributed by atoms with Crippen molar-refractivity contribution in [2.24, 2.45) is 0 Å². The van der Waals surface area contributed by atoms with E-state index < -0.39 is 0 Å². The van der Waals surface area contributed by atoms with Crippen molar-refractivity contribution in [1.82, 2.24) is 0 Å². The summed E-state index contributed by atoms with van der Waals surface area (Å²) in [5, 5.41) is 0. The van der Waals surface area contributed by atoms with E-state index in [4.69, 9.17) is 5.73 Å². The standard InChI is InChI=1S/C15H15N/c1-2-5-12-6-3-7-13(10-12)14-8-4-9-15(16)11-14/h2-11H,16H2,1H3/b5-2-. The predicted octanol–water partition coefficient (Wildman–Crippen LogP) is 3.97. The van der Waals surface area contributed by atoms with E-state index in [9.17, 15) is 0 Å². The number of hydrogen-bond donors (Lipinski definition) is 1. The molecule has 0 aliphatic rings. The van der Waals surface area contributed by atoms with Gasteiger partial charge in [0.15, 0.2) is 0 Å². The molecule has 2 N–H and O–H groups in total. The van der Waals surface area contributed by atoms with E-state index >= 15 is 0 Å². The second-order valence-corrected chi connectivity index (χ2v) is 3.75. The molecule has 0 atom stereocenters. The first-order valence-corrected chi connectivity index (χ1v) is 5.38. The van der Waals surface area contributed by atoms with Gasteiger partial charge in [0.1, 0.15) is 0 Å². The van der Waals surface area contributed by atoms with Crippen LogP contribution < -0.4 is 5.73 Å². The maximum Gasteiger partial charge on any atom is 0.0320 e. The third-order valence-electron chi connectivity index (χ3n) is 2.47. The van der Waals surface area contributed by atoms with Gasteiger partial charge in [0.25, 0.3) is 0 Å². The topological polar surface area (TPSA) is 26.0 Å². The minimum atomic E-state index is 0.800. The molecule has 0 saturated carbocycles. The number of nitrogens with two attached hydrogens (primary N) is 1. The fourth-order valence-electron chi connectivity index (χ4n) is 1.73. The molecule has 0 heterocycles. The molecule has 0 aromatic heterocycles. The Morgan fingerprint density at radius 3 is 2.31 bits per heavy atom. The van der Waals surface area contributed by atoms with Gasteiger partial charge in [-0.25, -0.2) is 0 Å². The largest absolute Gasteiger partial charge is 0.399 e. The van der Waals surface area contributed by atoms with Gasteiger partial charge in [-0.05, 0) is 41.8 Å². The first kappa shape index (κ1) is 10.5. The Labute approximate surface area is 96.2 Å². The molecule has 16 heavy (non-hydrogen) atoms. The normalized spacial score (nSPS) is 10.8. The molecule has 1 heteroatoms. The third kappa shape index (κ3) is 2.31. The van der Waals surface area contributed by atoms with Crippen molar-refractivity contribution in [3.05, 3.63) is 60.2 Å². The van der Waals surface area contributed by atoms with Crippen LogP contribution in [-0.4, -0.2) is 0 Å². The summed E-state index contributed by atoms with van der Waals surface area (Å²) in [6, 6.07) is 16.4. The molecule has 2 rings (SSSR count). The Morgan fingerprint density at radius 2 is 1.62 bits per heavy atom. The van der Waals surface area contributed by atoms with E-state index in [1.807, 2.05) is 31.2 Å². The van der Waals surface area contributed by atoms with Crippen LogP contribution >= 0.6 is 0 Å². The maximum absolute atomic E-state index is 5.78. The van der Waals surface area contributed by atoms with Gasteiger partial charge in [-0.15, -0.1) is 0 Å². The van der Waals surface area contributed by atoms with Gasteiger partial charge in [0.05, 0.1) is 0 Å². The molecule has 0 radical (unpaired) electrons. The number of benzene rings is 2. The molecule has 0 amide bonds. The number of allylic oxidation sites excluding steroid dienone is 1. The Hall–Kier alpha value is -2.02. The monoisotopic (exact) mass is 209 g/mol. The highest BCUT2D eigenvalue weighted by molar-refractivity contribution is 5.70. The highest BCUT2D eigenvalue weighted by Crippen LogP contribution is 2.22. The minimum Gasteiger partial charge on any atom is -0.399 e. The average molecular weight is 209 g/mol. The molecular weight excluding hydrogens is 194 g/mol. The molecular formula is C15H15N. The van der Waals surface area contributed by atoms with Crippen LogP contribution in [0.2, 0.25) is 0 Å². The van der Waals surface area contributed by atoms with Crippen molar-refractivity contribution >= 4 is 11.8 Å². The van der Waals surface area contributed by atoms with E-state index in [-0.39, 0.29) is 0 Å². The van der Waals surface area contributed by atoms with Gasteiger partial charge in [-0.1, -0.05) is 42.5 Å². The van der Waals surface area contributed by atoms with Crippen LogP contribution in [-0.2, 0) is 0 Å². The van der Waals surface area contributed by atoms with Crippen LogP contribution in [0.3, 0.4) is 0 Å². The number of rotatable bonds is 2. The zero-order valence-electron chi connectivity index (χ0n) is 9.35. The summed E-state index contributed by atoms with van der Waals surface area (Å²) in [4.78, 5) is 0. The summed E-state index contributed by atoms with van der Waals surface area (Å²) >= 11 is 0. The summed E-state index contributed by atoms with van der Waals surface area (Å²) in [6.45, 7) is 2.02. The Kier molecular flexibility index (Phi) is 3.06. The van der Waals surface area contributed by atoms with Crippen LogP contribution in [0.4, 0.5) is 5.69 Å². The molecule has 2 aromatic rings. The molecule has 1 nitrogen and oxygen atoms in total. The van der Waals surface area contributed by atoms with E-state index in [1.165, 1.54) is 11.1 Å². The maximum atomic E-state index is 5.78. The summed E-state index contributed by atoms with van der Waals surface area (Å²) in [5.41, 5.74) is 10.1. The van der Waals surface area contributed by atoms with Crippen molar-refractivity contribution in [3.63, 3.8) is 0 Å². The highest BCUT2D eigenvalue weighted by atomic mass is 14.5. The average Bonchev–Trinajstić information content (AvgIpc) is 2.30. The summed E-state index contributed by atoms with van der Waals surface area (Å²) in [6.07, 6.45) is 4.13. The lowest BCUT2D eigenvalue weighted by Gasteiger charge is -2.04. The molecule has 0 unspecified atom stereocenters. The van der Waals surface area contributed by atoms with Crippen LogP contribution in [0.1, 0.15) is 12.5 Å². The fraction of sp³-hybridized carbons (Fsp3) is 0.0667. The molecule has 80 valence electrons. The van der Waals surface area contributed by atoms with E-state index in [2.05, 4.69) is 36.4 Å². The predicted molar refractivity (Wildman–Crippen MR) is 71.0 cm³/mol. The zero-order chi connectivity index (χ0) is 11.4. The Bertz CT molecular complexity index is 512. The lowest BCUT2D eigenvalue weighted by molar-refractivity contribution is 1.59. The second-order valence-electron chi connectivity index (χ2n) is 3.75. The van der Waals surface area contributed by atoms with Crippen LogP contribution in [0.25, 0.3) is 17.2 Å². The third-order valence-corrected chi connectivity index (χ3v) is 2.47. The molecule has 0 aliphatic heterocycles. The van der Waals surface area contributed by atoms with E-state index in [1.54, 1.807) is 0 Å². The SMILES string of the molecule is C/C=C\c1cccc(-c2cccc(N)c2)c1. The van der Waals surface area contributed by atoms with Gasteiger partial charge in [0.2, 0.25) is 0 Å². The van der Waals surface area contributed by atoms with Gasteiger partial charge >= 0.3 is 0 Å². The smallest absolute Gasteiger partial charge is 0.0320 e. The van der Waals surface area contributed by atoms with Gasteiger partial charge < -0.3 is 5.73 Å². The molecule has 2 aromatic carbocycles. The van der Waals surface area contributed by atoms with Crippen molar-refractivity contribution in [1.29, 1.82) is 0 Å². The van der Waals surface area contributed by atoms with Gasteiger partial charge in [-0.2, -0.15) is 0 Å². The van der Waals surface area contributed by atoms with E-state index in [0.717, 1.165) is 11.3 Å². The second kappa shape index (κ2) is 4.67. The minimum absolute atomic E-state index is 0.800. The van der Waals surface area contributed by atoms with Crippen molar-refractivity contribution in [3.8, 4) is 11.1 Å². The summed E-state index contributed by atoms with van der Waals surface area (Å²) < 4.78 is 0. The summed E-state index contributed by atoms with van der Waals surface area (Å²) in [5.74, 6) is 0. The lowest BCUT2D eigenvalue weighted by Crippen LogP contribution is -1.85. The Balaban J connectivity index is 2.44. The van der Waals surface area contributed by atoms with Gasteiger partial charge in [0, 0.05) is 5.69 Å². The first-order valence-electron chi connectivity index (χ1n) is 5.38. The van der Waals surface area contributed by atoms with Crippen LogP contribution in [0.5, 0.6) is 0 Å². The number of anilines is 1. The zero-order valence-corrected chi connectivity index (χ0v) is 9.35. The fourth-order valence-corrected chi connectivity index (χ4v) is 1.73. The molecule has 0 bridgehead atoms. The van der Waals surface area contributed by atoms with Crippen molar-refractivity contribution < 1.29 is 0 Å². The summed E-state index contributed by atoms with van der Waals surface area (Å²) in [7, 11) is 0.